The van der Waals surface area contributed by atoms with Crippen molar-refractivity contribution < 1.29 is 0 Å². The molecule has 3 fully saturated rings. The predicted molar refractivity (Wildman–Crippen MR) is 47.4 cm³/mol. The van der Waals surface area contributed by atoms with Crippen LogP contribution in [0.5, 0.6) is 0 Å². The Hall–Kier alpha value is 0.350. The highest BCUT2D eigenvalue weighted by Crippen LogP contribution is 2.45. The van der Waals surface area contributed by atoms with Crippen LogP contribution in [0.3, 0.4) is 0 Å². The first-order valence-corrected chi connectivity index (χ1v) is 5.14. The summed E-state index contributed by atoms with van der Waals surface area (Å²) >= 11 is 4.40. The van der Waals surface area contributed by atoms with Crippen molar-refractivity contribution in [2.45, 2.75) is 32.1 Å². The molecule has 0 nitrogen and oxygen atoms in total. The Balaban J connectivity index is 2.01. The van der Waals surface area contributed by atoms with Gasteiger partial charge in [-0.3, -0.25) is 0 Å². The second kappa shape index (κ2) is 2.77. The van der Waals surface area contributed by atoms with Gasteiger partial charge in [-0.05, 0) is 42.8 Å². The van der Waals surface area contributed by atoms with Crippen LogP contribution in [0.4, 0.5) is 0 Å². The lowest BCUT2D eigenvalue weighted by Crippen LogP contribution is -2.31. The molecule has 0 aromatic rings. The maximum absolute atomic E-state index is 4.40. The van der Waals surface area contributed by atoms with Gasteiger partial charge >= 0.3 is 0 Å². The number of rotatable bonds is 1. The van der Waals surface area contributed by atoms with Gasteiger partial charge in [-0.2, -0.15) is 12.6 Å². The summed E-state index contributed by atoms with van der Waals surface area (Å²) in [7, 11) is 0. The zero-order valence-electron chi connectivity index (χ0n) is 6.42. The van der Waals surface area contributed by atoms with Gasteiger partial charge in [-0.15, -0.1) is 0 Å². The lowest BCUT2D eigenvalue weighted by molar-refractivity contribution is 0.114. The lowest BCUT2D eigenvalue weighted by atomic mass is 9.65. The maximum Gasteiger partial charge on any atom is -0.00668 e. The van der Waals surface area contributed by atoms with Crippen molar-refractivity contribution in [3.05, 3.63) is 0 Å². The quantitative estimate of drug-likeness (QED) is 0.554. The fourth-order valence-electron chi connectivity index (χ4n) is 2.74. The monoisotopic (exact) mass is 156 g/mol. The molecule has 2 bridgehead atoms. The Kier molecular flexibility index (Phi) is 1.94. The van der Waals surface area contributed by atoms with E-state index in [0.717, 1.165) is 23.5 Å². The van der Waals surface area contributed by atoms with E-state index in [1.165, 1.54) is 32.1 Å². The molecule has 0 N–H and O–H groups in total. The number of hydrogen-bond donors (Lipinski definition) is 1. The molecule has 0 spiro atoms. The summed E-state index contributed by atoms with van der Waals surface area (Å²) in [4.78, 5) is 0. The van der Waals surface area contributed by atoms with Crippen LogP contribution in [0, 0.1) is 17.8 Å². The number of thiol groups is 1. The molecule has 3 aliphatic rings. The first kappa shape index (κ1) is 7.02. The zero-order valence-corrected chi connectivity index (χ0v) is 7.32. The van der Waals surface area contributed by atoms with Crippen molar-refractivity contribution in [3.63, 3.8) is 0 Å². The van der Waals surface area contributed by atoms with Crippen LogP contribution in [0.2, 0.25) is 0 Å². The minimum Gasteiger partial charge on any atom is -0.179 e. The van der Waals surface area contributed by atoms with Gasteiger partial charge < -0.3 is 0 Å². The topological polar surface area (TPSA) is 0 Å². The fourth-order valence-corrected chi connectivity index (χ4v) is 3.19. The van der Waals surface area contributed by atoms with Crippen LogP contribution in [0.1, 0.15) is 32.1 Å². The molecular formula is C9H16S. The summed E-state index contributed by atoms with van der Waals surface area (Å²) in [6.45, 7) is 0. The first-order valence-electron chi connectivity index (χ1n) is 4.51. The molecular weight excluding hydrogens is 140 g/mol. The van der Waals surface area contributed by atoms with Crippen molar-refractivity contribution in [2.24, 2.45) is 17.8 Å². The van der Waals surface area contributed by atoms with Gasteiger partial charge in [0.2, 0.25) is 0 Å². The van der Waals surface area contributed by atoms with Crippen molar-refractivity contribution in [1.29, 1.82) is 0 Å². The highest BCUT2D eigenvalue weighted by atomic mass is 32.1. The Labute approximate surface area is 68.8 Å². The molecule has 1 unspecified atom stereocenters. The molecule has 10 heavy (non-hydrogen) atoms. The molecule has 1 heteroatoms. The Morgan fingerprint density at radius 3 is 2.10 bits per heavy atom. The van der Waals surface area contributed by atoms with E-state index < -0.39 is 0 Å². The van der Waals surface area contributed by atoms with Gasteiger partial charge in [-0.1, -0.05) is 12.8 Å². The smallest absolute Gasteiger partial charge is 0.00668 e. The molecule has 0 heterocycles. The minimum atomic E-state index is 0.982. The maximum atomic E-state index is 4.40. The van der Waals surface area contributed by atoms with E-state index in [2.05, 4.69) is 12.6 Å². The standard InChI is InChI=1S/C9H16S/c10-6-9-5-7-1-3-8(9)4-2-7/h7-10H,1-6H2. The molecule has 3 aliphatic carbocycles. The minimum absolute atomic E-state index is 0.982. The molecule has 1 atom stereocenters. The second-order valence-electron chi connectivity index (χ2n) is 3.96. The molecule has 0 aromatic heterocycles. The largest absolute Gasteiger partial charge is 0.179 e. The first-order chi connectivity index (χ1) is 4.90. The average Bonchev–Trinajstić information content (AvgIpc) is 2.06. The van der Waals surface area contributed by atoms with Crippen molar-refractivity contribution in [2.75, 3.05) is 5.75 Å². The Morgan fingerprint density at radius 1 is 1.10 bits per heavy atom. The number of fused-ring (bicyclic) bond motifs is 3. The SMILES string of the molecule is SCC1CC2CCC1CC2. The molecule has 58 valence electrons. The van der Waals surface area contributed by atoms with Crippen LogP contribution in [-0.2, 0) is 0 Å². The molecule has 0 radical (unpaired) electrons. The van der Waals surface area contributed by atoms with E-state index in [0.29, 0.717) is 0 Å². The average molecular weight is 156 g/mol. The third-order valence-corrected chi connectivity index (χ3v) is 3.90. The highest BCUT2D eigenvalue weighted by Gasteiger charge is 2.34. The van der Waals surface area contributed by atoms with Crippen molar-refractivity contribution in [3.8, 4) is 0 Å². The van der Waals surface area contributed by atoms with E-state index in [1.54, 1.807) is 0 Å². The summed E-state index contributed by atoms with van der Waals surface area (Å²) in [5, 5.41) is 0. The molecule has 0 saturated heterocycles. The van der Waals surface area contributed by atoms with Gasteiger partial charge in [0.1, 0.15) is 0 Å². The summed E-state index contributed by atoms with van der Waals surface area (Å²) < 4.78 is 0. The molecule has 3 saturated carbocycles. The van der Waals surface area contributed by atoms with Crippen molar-refractivity contribution in [1.82, 2.24) is 0 Å². The normalized spacial score (nSPS) is 45.9. The lowest BCUT2D eigenvalue weighted by Gasteiger charge is -2.41. The van der Waals surface area contributed by atoms with Gasteiger partial charge in [0.15, 0.2) is 0 Å². The summed E-state index contributed by atoms with van der Waals surface area (Å²) in [5.41, 5.74) is 0. The van der Waals surface area contributed by atoms with Crippen LogP contribution in [0.15, 0.2) is 0 Å². The zero-order chi connectivity index (χ0) is 6.97. The van der Waals surface area contributed by atoms with Crippen molar-refractivity contribution >= 4 is 12.6 Å². The van der Waals surface area contributed by atoms with E-state index in [4.69, 9.17) is 0 Å². The van der Waals surface area contributed by atoms with Gasteiger partial charge in [-0.25, -0.2) is 0 Å². The van der Waals surface area contributed by atoms with Crippen LogP contribution < -0.4 is 0 Å². The predicted octanol–water partition coefficient (Wildman–Crippen LogP) is 2.74. The van der Waals surface area contributed by atoms with E-state index in [-0.39, 0.29) is 0 Å². The van der Waals surface area contributed by atoms with Gasteiger partial charge in [0, 0.05) is 0 Å². The van der Waals surface area contributed by atoms with Crippen LogP contribution >= 0.6 is 12.6 Å². The summed E-state index contributed by atoms with van der Waals surface area (Å²) in [6, 6.07) is 0. The molecule has 0 aromatic carbocycles. The van der Waals surface area contributed by atoms with Gasteiger partial charge in [0.05, 0.1) is 0 Å². The molecule has 0 amide bonds. The fraction of sp³-hybridized carbons (Fsp3) is 1.00. The second-order valence-corrected chi connectivity index (χ2v) is 4.32. The third-order valence-electron chi connectivity index (χ3n) is 3.43. The van der Waals surface area contributed by atoms with Crippen LogP contribution in [0.25, 0.3) is 0 Å². The summed E-state index contributed by atoms with van der Waals surface area (Å²) in [6.07, 6.45) is 7.56. The van der Waals surface area contributed by atoms with E-state index in [1.807, 2.05) is 0 Å². The highest BCUT2D eigenvalue weighted by molar-refractivity contribution is 7.80. The third kappa shape index (κ3) is 1.09. The Bertz CT molecular complexity index is 114. The van der Waals surface area contributed by atoms with Gasteiger partial charge in [0.25, 0.3) is 0 Å². The van der Waals surface area contributed by atoms with E-state index in [9.17, 15) is 0 Å². The molecule has 0 aliphatic heterocycles. The number of hydrogen-bond acceptors (Lipinski definition) is 1. The summed E-state index contributed by atoms with van der Waals surface area (Å²) in [5.74, 6) is 4.27. The van der Waals surface area contributed by atoms with Crippen LogP contribution in [-0.4, -0.2) is 5.75 Å². The Morgan fingerprint density at radius 2 is 1.80 bits per heavy atom. The molecule has 3 rings (SSSR count). The van der Waals surface area contributed by atoms with E-state index >= 15 is 0 Å².